The Morgan fingerprint density at radius 1 is 0.833 bits per heavy atom. The highest BCUT2D eigenvalue weighted by molar-refractivity contribution is 6.05. The van der Waals surface area contributed by atoms with Crippen LogP contribution in [0.4, 0.5) is 5.69 Å². The minimum atomic E-state index is -1.03. The van der Waals surface area contributed by atoms with Crippen molar-refractivity contribution in [2.24, 2.45) is 5.10 Å². The molecule has 0 unspecified atom stereocenters. The molecule has 0 aliphatic heterocycles. The summed E-state index contributed by atoms with van der Waals surface area (Å²) in [6.07, 6.45) is 2.97. The van der Waals surface area contributed by atoms with Crippen molar-refractivity contribution in [1.29, 1.82) is 0 Å². The molecule has 36 heavy (non-hydrogen) atoms. The zero-order valence-electron chi connectivity index (χ0n) is 20.1. The topological polar surface area (TPSA) is 111 Å². The molecule has 8 nitrogen and oxygen atoms in total. The first-order valence-electron chi connectivity index (χ1n) is 11.5. The summed E-state index contributed by atoms with van der Waals surface area (Å²) in [5.74, 6) is -2.06. The fourth-order valence-electron chi connectivity index (χ4n) is 3.42. The molecule has 0 aliphatic carbocycles. The van der Waals surface area contributed by atoms with Crippen LogP contribution >= 0.6 is 0 Å². The van der Waals surface area contributed by atoms with E-state index in [0.717, 1.165) is 24.3 Å². The summed E-state index contributed by atoms with van der Waals surface area (Å²) in [5.41, 5.74) is 5.41. The van der Waals surface area contributed by atoms with Crippen molar-refractivity contribution in [2.75, 3.05) is 18.0 Å². The second-order valence-electron chi connectivity index (χ2n) is 7.77. The molecule has 3 rings (SSSR count). The molecular weight excluding hydrogens is 456 g/mol. The minimum absolute atomic E-state index is 0.0258. The number of hydrogen-bond donors (Lipinski definition) is 3. The predicted molar refractivity (Wildman–Crippen MR) is 141 cm³/mol. The van der Waals surface area contributed by atoms with Gasteiger partial charge in [-0.15, -0.1) is 0 Å². The molecule has 0 aromatic heterocycles. The smallest absolute Gasteiger partial charge is 0.335 e. The lowest BCUT2D eigenvalue weighted by molar-refractivity contribution is -0.117. The van der Waals surface area contributed by atoms with Crippen LogP contribution in [-0.2, 0) is 4.79 Å². The lowest BCUT2D eigenvalue weighted by Gasteiger charge is -2.20. The van der Waals surface area contributed by atoms with Crippen LogP contribution in [0.5, 0.6) is 0 Å². The molecular formula is C28H28N4O4. The van der Waals surface area contributed by atoms with E-state index in [2.05, 4.69) is 34.6 Å². The van der Waals surface area contributed by atoms with Gasteiger partial charge in [-0.2, -0.15) is 5.10 Å². The fraction of sp³-hybridized carbons (Fsp3) is 0.143. The van der Waals surface area contributed by atoms with Gasteiger partial charge in [-0.05, 0) is 67.4 Å². The Kier molecular flexibility index (Phi) is 9.11. The molecule has 0 aliphatic rings. The lowest BCUT2D eigenvalue weighted by atomic mass is 10.1. The van der Waals surface area contributed by atoms with Crippen LogP contribution in [0.3, 0.4) is 0 Å². The average molecular weight is 485 g/mol. The van der Waals surface area contributed by atoms with Crippen LogP contribution in [0, 0.1) is 0 Å². The normalized spacial score (nSPS) is 11.2. The Labute approximate surface area is 210 Å². The van der Waals surface area contributed by atoms with Crippen LogP contribution in [0.1, 0.15) is 45.7 Å². The van der Waals surface area contributed by atoms with E-state index in [1.54, 1.807) is 48.5 Å². The number of benzene rings is 3. The van der Waals surface area contributed by atoms with Crippen LogP contribution in [-0.4, -0.2) is 42.2 Å². The number of anilines is 1. The molecule has 3 aromatic rings. The van der Waals surface area contributed by atoms with Crippen molar-refractivity contribution in [3.63, 3.8) is 0 Å². The zero-order valence-corrected chi connectivity index (χ0v) is 20.1. The summed E-state index contributed by atoms with van der Waals surface area (Å²) in [7, 11) is 0. The predicted octanol–water partition coefficient (Wildman–Crippen LogP) is 4.15. The Balaban J connectivity index is 1.80. The Morgan fingerprint density at radius 2 is 1.44 bits per heavy atom. The number of nitrogens with one attached hydrogen (secondary N) is 2. The Hall–Kier alpha value is -4.72. The van der Waals surface area contributed by atoms with Gasteiger partial charge in [0.25, 0.3) is 11.8 Å². The highest BCUT2D eigenvalue weighted by Gasteiger charge is 2.14. The molecule has 0 fully saturated rings. The first kappa shape index (κ1) is 25.9. The largest absolute Gasteiger partial charge is 0.478 e. The molecule has 184 valence electrons. The fourth-order valence-corrected chi connectivity index (χ4v) is 3.42. The van der Waals surface area contributed by atoms with Gasteiger partial charge >= 0.3 is 5.97 Å². The average Bonchev–Trinajstić information content (AvgIpc) is 2.90. The first-order valence-corrected chi connectivity index (χ1v) is 11.5. The highest BCUT2D eigenvalue weighted by atomic mass is 16.4. The summed E-state index contributed by atoms with van der Waals surface area (Å²) in [4.78, 5) is 38.8. The number of hydrazone groups is 1. The molecule has 0 saturated carbocycles. The van der Waals surface area contributed by atoms with E-state index in [1.165, 1.54) is 18.3 Å². The van der Waals surface area contributed by atoms with Gasteiger partial charge in [0.15, 0.2) is 0 Å². The summed E-state index contributed by atoms with van der Waals surface area (Å²) < 4.78 is 0. The van der Waals surface area contributed by atoms with Gasteiger partial charge < -0.3 is 15.3 Å². The van der Waals surface area contributed by atoms with Crippen molar-refractivity contribution in [3.8, 4) is 0 Å². The van der Waals surface area contributed by atoms with E-state index >= 15 is 0 Å². The number of rotatable bonds is 10. The molecule has 0 heterocycles. The van der Waals surface area contributed by atoms with Gasteiger partial charge in [-0.3, -0.25) is 9.59 Å². The maximum atomic E-state index is 12.9. The Bertz CT molecular complexity index is 1250. The summed E-state index contributed by atoms with van der Waals surface area (Å²) in [6, 6.07) is 22.3. The minimum Gasteiger partial charge on any atom is -0.478 e. The van der Waals surface area contributed by atoms with Gasteiger partial charge in [0.2, 0.25) is 0 Å². The van der Waals surface area contributed by atoms with Crippen LogP contribution in [0.15, 0.2) is 89.7 Å². The Morgan fingerprint density at radius 3 is 2.03 bits per heavy atom. The molecule has 3 N–H and O–H groups in total. The molecule has 3 aromatic carbocycles. The quantitative estimate of drug-likeness (QED) is 0.227. The summed E-state index contributed by atoms with van der Waals surface area (Å²) in [5, 5.41) is 15.6. The second-order valence-corrected chi connectivity index (χ2v) is 7.77. The molecule has 0 saturated heterocycles. The molecule has 2 amide bonds. The number of nitrogens with zero attached hydrogens (tertiary/aromatic N) is 2. The number of carbonyl (C=O) groups is 3. The monoisotopic (exact) mass is 484 g/mol. The van der Waals surface area contributed by atoms with Crippen molar-refractivity contribution >= 4 is 35.8 Å². The maximum Gasteiger partial charge on any atom is 0.335 e. The number of hydrogen-bond acceptors (Lipinski definition) is 5. The number of aromatic carboxylic acids is 1. The summed E-state index contributed by atoms with van der Waals surface area (Å²) >= 11 is 0. The number of carboxylic acids is 1. The van der Waals surface area contributed by atoms with E-state index in [-0.39, 0.29) is 11.3 Å². The van der Waals surface area contributed by atoms with Crippen LogP contribution in [0.2, 0.25) is 0 Å². The molecule has 0 atom stereocenters. The zero-order chi connectivity index (χ0) is 25.9. The third-order valence-corrected chi connectivity index (χ3v) is 5.40. The van der Waals surface area contributed by atoms with Crippen molar-refractivity contribution in [3.05, 3.63) is 107 Å². The highest BCUT2D eigenvalue weighted by Crippen LogP contribution is 2.16. The molecule has 0 spiro atoms. The number of carboxylic acid groups (broad SMARTS) is 1. The SMILES string of the molecule is CCN(CC)c1ccc(/C=C(\NC(=O)c2ccccc2)C(=O)NN=Cc2ccc(C(=O)O)cc2)cc1. The van der Waals surface area contributed by atoms with Crippen LogP contribution in [0.25, 0.3) is 6.08 Å². The standard InChI is InChI=1S/C28H28N4O4/c1-3-32(4-2)24-16-12-20(13-17-24)18-25(30-26(33)22-8-6-5-7-9-22)27(34)31-29-19-21-10-14-23(15-11-21)28(35)36/h5-19H,3-4H2,1-2H3,(H,30,33)(H,31,34)(H,35,36)/b25-18-,29-19?. The van der Waals surface area contributed by atoms with E-state index < -0.39 is 17.8 Å². The van der Waals surface area contributed by atoms with Gasteiger partial charge in [0.05, 0.1) is 11.8 Å². The molecule has 0 radical (unpaired) electrons. The van der Waals surface area contributed by atoms with Crippen molar-refractivity contribution in [1.82, 2.24) is 10.7 Å². The van der Waals surface area contributed by atoms with Gasteiger partial charge in [-0.25, -0.2) is 10.2 Å². The van der Waals surface area contributed by atoms with Gasteiger partial charge in [0, 0.05) is 24.3 Å². The second kappa shape index (κ2) is 12.7. The number of carbonyl (C=O) groups excluding carboxylic acids is 2. The van der Waals surface area contributed by atoms with Crippen molar-refractivity contribution < 1.29 is 19.5 Å². The van der Waals surface area contributed by atoms with Gasteiger partial charge in [-0.1, -0.05) is 42.5 Å². The van der Waals surface area contributed by atoms with E-state index in [0.29, 0.717) is 11.1 Å². The third kappa shape index (κ3) is 7.14. The van der Waals surface area contributed by atoms with Gasteiger partial charge in [0.1, 0.15) is 5.70 Å². The van der Waals surface area contributed by atoms with E-state index in [4.69, 9.17) is 5.11 Å². The number of amides is 2. The lowest BCUT2D eigenvalue weighted by Crippen LogP contribution is -2.32. The third-order valence-electron chi connectivity index (χ3n) is 5.40. The van der Waals surface area contributed by atoms with E-state index in [1.807, 2.05) is 24.3 Å². The molecule has 8 heteroatoms. The summed E-state index contributed by atoms with van der Waals surface area (Å²) in [6.45, 7) is 5.92. The molecule has 0 bridgehead atoms. The maximum absolute atomic E-state index is 12.9. The first-order chi connectivity index (χ1) is 17.4. The van der Waals surface area contributed by atoms with Crippen molar-refractivity contribution in [2.45, 2.75) is 13.8 Å². The van der Waals surface area contributed by atoms with E-state index in [9.17, 15) is 14.4 Å². The van der Waals surface area contributed by atoms with Crippen LogP contribution < -0.4 is 15.6 Å².